The van der Waals surface area contributed by atoms with E-state index in [4.69, 9.17) is 27.9 Å². The molecule has 0 fully saturated rings. The fraction of sp³-hybridized carbons (Fsp3) is 0.667. The minimum Gasteiger partial charge on any atom is -0.373 e. The Balaban J connectivity index is 3.10. The Morgan fingerprint density at radius 1 is 0.733 bits per heavy atom. The standard InChI is InChI=1S/C12H20Cl2O/c13-9-5-1-3-7-11-15-12-8-4-2-6-10-14/h3-4,7-8H,1-2,5-6,9-12H2. The summed E-state index contributed by atoms with van der Waals surface area (Å²) < 4.78 is 5.35. The number of allylic oxidation sites excluding steroid dienone is 2. The summed E-state index contributed by atoms with van der Waals surface area (Å²) in [4.78, 5) is 0. The van der Waals surface area contributed by atoms with E-state index in [1.165, 1.54) is 0 Å². The maximum atomic E-state index is 5.54. The second-order valence-corrected chi connectivity index (χ2v) is 3.90. The van der Waals surface area contributed by atoms with E-state index in [2.05, 4.69) is 12.2 Å². The number of ether oxygens (including phenoxy) is 1. The monoisotopic (exact) mass is 250 g/mol. The summed E-state index contributed by atoms with van der Waals surface area (Å²) in [6.07, 6.45) is 12.5. The molecule has 0 aromatic heterocycles. The van der Waals surface area contributed by atoms with Gasteiger partial charge in [0.25, 0.3) is 0 Å². The van der Waals surface area contributed by atoms with Crippen molar-refractivity contribution in [3.63, 3.8) is 0 Å². The molecule has 0 N–H and O–H groups in total. The molecule has 0 unspecified atom stereocenters. The van der Waals surface area contributed by atoms with Gasteiger partial charge in [0.2, 0.25) is 0 Å². The Kier molecular flexibility index (Phi) is 14.0. The van der Waals surface area contributed by atoms with Crippen LogP contribution in [0.1, 0.15) is 25.7 Å². The van der Waals surface area contributed by atoms with Gasteiger partial charge in [-0.1, -0.05) is 24.3 Å². The number of unbranched alkanes of at least 4 members (excludes halogenated alkanes) is 2. The van der Waals surface area contributed by atoms with Crippen LogP contribution in [0.4, 0.5) is 0 Å². The first-order chi connectivity index (χ1) is 7.41. The number of hydrogen-bond donors (Lipinski definition) is 0. The average molecular weight is 251 g/mol. The predicted octanol–water partition coefficient (Wildman–Crippen LogP) is 4.15. The molecule has 0 aliphatic heterocycles. The molecule has 0 amide bonds. The number of hydrogen-bond acceptors (Lipinski definition) is 1. The Bertz CT molecular complexity index is 149. The zero-order chi connectivity index (χ0) is 11.2. The second-order valence-electron chi connectivity index (χ2n) is 3.14. The zero-order valence-electron chi connectivity index (χ0n) is 9.13. The molecule has 0 spiro atoms. The lowest BCUT2D eigenvalue weighted by atomic mass is 10.3. The quantitative estimate of drug-likeness (QED) is 0.322. The first-order valence-corrected chi connectivity index (χ1v) is 6.48. The first kappa shape index (κ1) is 15.0. The molecule has 0 heterocycles. The van der Waals surface area contributed by atoms with Gasteiger partial charge in [-0.3, -0.25) is 0 Å². The Morgan fingerprint density at radius 2 is 1.20 bits per heavy atom. The molecule has 0 aromatic rings. The molecular weight excluding hydrogens is 231 g/mol. The van der Waals surface area contributed by atoms with Crippen molar-refractivity contribution >= 4 is 23.2 Å². The molecule has 0 atom stereocenters. The molecule has 0 saturated carbocycles. The van der Waals surface area contributed by atoms with E-state index in [-0.39, 0.29) is 0 Å². The SMILES string of the molecule is ClCCCC=CCOCC=CCCCCl. The molecule has 0 rings (SSSR count). The molecule has 0 radical (unpaired) electrons. The highest BCUT2D eigenvalue weighted by Crippen LogP contribution is 1.94. The van der Waals surface area contributed by atoms with Crippen LogP contribution < -0.4 is 0 Å². The normalized spacial score (nSPS) is 11.9. The second kappa shape index (κ2) is 14.0. The Labute approximate surface area is 103 Å². The van der Waals surface area contributed by atoms with E-state index in [0.717, 1.165) is 37.4 Å². The maximum absolute atomic E-state index is 5.54. The summed E-state index contributed by atoms with van der Waals surface area (Å²) in [6, 6.07) is 0. The predicted molar refractivity (Wildman–Crippen MR) is 69.0 cm³/mol. The number of halogens is 2. The van der Waals surface area contributed by atoms with Gasteiger partial charge in [-0.05, 0) is 25.7 Å². The smallest absolute Gasteiger partial charge is 0.0651 e. The fourth-order valence-electron chi connectivity index (χ4n) is 0.966. The third-order valence-corrected chi connectivity index (χ3v) is 2.30. The molecule has 0 bridgehead atoms. The van der Waals surface area contributed by atoms with E-state index < -0.39 is 0 Å². The van der Waals surface area contributed by atoms with Crippen LogP contribution in [0.5, 0.6) is 0 Å². The van der Waals surface area contributed by atoms with Crippen LogP contribution in [0.25, 0.3) is 0 Å². The zero-order valence-corrected chi connectivity index (χ0v) is 10.6. The van der Waals surface area contributed by atoms with Crippen molar-refractivity contribution in [3.05, 3.63) is 24.3 Å². The summed E-state index contributed by atoms with van der Waals surface area (Å²) in [7, 11) is 0. The van der Waals surface area contributed by atoms with Crippen molar-refractivity contribution in [1.82, 2.24) is 0 Å². The van der Waals surface area contributed by atoms with Gasteiger partial charge in [0.1, 0.15) is 0 Å². The van der Waals surface area contributed by atoms with Crippen LogP contribution >= 0.6 is 23.2 Å². The molecule has 0 aliphatic rings. The maximum Gasteiger partial charge on any atom is 0.0651 e. The Hall–Kier alpha value is 0.0200. The average Bonchev–Trinajstić information content (AvgIpc) is 2.26. The lowest BCUT2D eigenvalue weighted by Gasteiger charge is -1.95. The van der Waals surface area contributed by atoms with E-state index in [0.29, 0.717) is 13.2 Å². The van der Waals surface area contributed by atoms with Crippen molar-refractivity contribution in [2.45, 2.75) is 25.7 Å². The summed E-state index contributed by atoms with van der Waals surface area (Å²) in [6.45, 7) is 1.37. The van der Waals surface area contributed by atoms with E-state index >= 15 is 0 Å². The first-order valence-electron chi connectivity index (χ1n) is 5.41. The molecule has 0 saturated heterocycles. The number of rotatable bonds is 10. The summed E-state index contributed by atoms with van der Waals surface area (Å²) in [5, 5.41) is 0. The van der Waals surface area contributed by atoms with Crippen LogP contribution in [0.3, 0.4) is 0 Å². The van der Waals surface area contributed by atoms with Crippen molar-refractivity contribution in [3.8, 4) is 0 Å². The highest BCUT2D eigenvalue weighted by Gasteiger charge is 1.82. The Morgan fingerprint density at radius 3 is 1.60 bits per heavy atom. The van der Waals surface area contributed by atoms with Gasteiger partial charge < -0.3 is 4.74 Å². The largest absolute Gasteiger partial charge is 0.373 e. The van der Waals surface area contributed by atoms with E-state index in [9.17, 15) is 0 Å². The van der Waals surface area contributed by atoms with Crippen molar-refractivity contribution in [2.24, 2.45) is 0 Å². The molecule has 0 aliphatic carbocycles. The lowest BCUT2D eigenvalue weighted by molar-refractivity contribution is 0.193. The van der Waals surface area contributed by atoms with E-state index in [1.807, 2.05) is 12.2 Å². The highest BCUT2D eigenvalue weighted by molar-refractivity contribution is 6.18. The van der Waals surface area contributed by atoms with Crippen LogP contribution in [0.15, 0.2) is 24.3 Å². The summed E-state index contributed by atoms with van der Waals surface area (Å²) in [5.74, 6) is 1.46. The molecule has 15 heavy (non-hydrogen) atoms. The summed E-state index contributed by atoms with van der Waals surface area (Å²) >= 11 is 11.1. The van der Waals surface area contributed by atoms with Crippen LogP contribution in [-0.2, 0) is 4.74 Å². The van der Waals surface area contributed by atoms with Gasteiger partial charge in [0.15, 0.2) is 0 Å². The molecular formula is C12H20Cl2O. The molecule has 88 valence electrons. The molecule has 3 heteroatoms. The van der Waals surface area contributed by atoms with Crippen LogP contribution in [-0.4, -0.2) is 25.0 Å². The minimum absolute atomic E-state index is 0.683. The third-order valence-electron chi connectivity index (χ3n) is 1.77. The van der Waals surface area contributed by atoms with Gasteiger partial charge in [0, 0.05) is 11.8 Å². The highest BCUT2D eigenvalue weighted by atomic mass is 35.5. The summed E-state index contributed by atoms with van der Waals surface area (Å²) in [5.41, 5.74) is 0. The van der Waals surface area contributed by atoms with Crippen LogP contribution in [0.2, 0.25) is 0 Å². The van der Waals surface area contributed by atoms with E-state index in [1.54, 1.807) is 0 Å². The molecule has 1 nitrogen and oxygen atoms in total. The van der Waals surface area contributed by atoms with Gasteiger partial charge in [-0.2, -0.15) is 0 Å². The number of alkyl halides is 2. The van der Waals surface area contributed by atoms with Crippen molar-refractivity contribution in [1.29, 1.82) is 0 Å². The van der Waals surface area contributed by atoms with Gasteiger partial charge in [0.05, 0.1) is 13.2 Å². The van der Waals surface area contributed by atoms with Gasteiger partial charge in [-0.25, -0.2) is 0 Å². The molecule has 0 aromatic carbocycles. The van der Waals surface area contributed by atoms with Crippen molar-refractivity contribution in [2.75, 3.05) is 25.0 Å². The third kappa shape index (κ3) is 14.0. The lowest BCUT2D eigenvalue weighted by Crippen LogP contribution is -1.90. The van der Waals surface area contributed by atoms with Crippen molar-refractivity contribution < 1.29 is 4.74 Å². The topological polar surface area (TPSA) is 9.23 Å². The fourth-order valence-corrected chi connectivity index (χ4v) is 1.27. The van der Waals surface area contributed by atoms with Crippen LogP contribution in [0, 0.1) is 0 Å². The van der Waals surface area contributed by atoms with Gasteiger partial charge in [-0.15, -0.1) is 23.2 Å². The minimum atomic E-state index is 0.683. The van der Waals surface area contributed by atoms with Gasteiger partial charge >= 0.3 is 0 Å².